The average Bonchev–Trinajstić information content (AvgIpc) is 2.89. The Morgan fingerprint density at radius 2 is 1.54 bits per heavy atom. The number of rotatable bonds is 2. The Morgan fingerprint density at radius 3 is 2.00 bits per heavy atom. The van der Waals surface area contributed by atoms with Gasteiger partial charge in [0, 0.05) is 11.8 Å². The predicted molar refractivity (Wildman–Crippen MR) is 52.3 cm³/mol. The van der Waals surface area contributed by atoms with Crippen molar-refractivity contribution in [3.05, 3.63) is 12.3 Å². The van der Waals surface area contributed by atoms with E-state index in [0.717, 1.165) is 11.8 Å². The summed E-state index contributed by atoms with van der Waals surface area (Å²) in [6.07, 6.45) is 14.2. The molecule has 3 rings (SSSR count). The molecule has 2 fully saturated rings. The second-order valence-electron chi connectivity index (χ2n) is 4.88. The quantitative estimate of drug-likeness (QED) is 0.630. The maximum atomic E-state index is 5.80. The van der Waals surface area contributed by atoms with Crippen LogP contribution in [-0.2, 0) is 4.74 Å². The standard InChI is InChI=1S/C12H18O/c1-2-4-10(5-3-1)12(8-9-13-12)11-6-7-11/h8-11H,1-7H2. The van der Waals surface area contributed by atoms with Crippen molar-refractivity contribution < 1.29 is 4.74 Å². The SMILES string of the molecule is C1=CC(C2CCCCC2)(C2CC2)O1. The molecule has 1 aliphatic heterocycles. The van der Waals surface area contributed by atoms with Crippen LogP contribution in [0.4, 0.5) is 0 Å². The third-order valence-electron chi connectivity index (χ3n) is 4.06. The number of hydrogen-bond acceptors (Lipinski definition) is 1. The van der Waals surface area contributed by atoms with E-state index in [2.05, 4.69) is 6.08 Å². The smallest absolute Gasteiger partial charge is 0.135 e. The molecule has 0 aromatic carbocycles. The van der Waals surface area contributed by atoms with E-state index in [1.54, 1.807) is 0 Å². The second kappa shape index (κ2) is 2.76. The molecule has 1 unspecified atom stereocenters. The molecule has 3 aliphatic rings. The van der Waals surface area contributed by atoms with Crippen LogP contribution in [-0.4, -0.2) is 5.60 Å². The average molecular weight is 178 g/mol. The van der Waals surface area contributed by atoms with Crippen LogP contribution in [0.5, 0.6) is 0 Å². The molecule has 2 aliphatic carbocycles. The van der Waals surface area contributed by atoms with Crippen molar-refractivity contribution in [2.24, 2.45) is 11.8 Å². The fraction of sp³-hybridized carbons (Fsp3) is 0.833. The molecule has 0 radical (unpaired) electrons. The molecule has 1 nitrogen and oxygen atoms in total. The minimum absolute atomic E-state index is 0.223. The van der Waals surface area contributed by atoms with E-state index in [9.17, 15) is 0 Å². The van der Waals surface area contributed by atoms with Gasteiger partial charge in [-0.3, -0.25) is 0 Å². The molecular weight excluding hydrogens is 160 g/mol. The Hall–Kier alpha value is -0.460. The highest BCUT2D eigenvalue weighted by Gasteiger charge is 2.53. The van der Waals surface area contributed by atoms with Crippen LogP contribution >= 0.6 is 0 Å². The highest BCUT2D eigenvalue weighted by Crippen LogP contribution is 2.53. The summed E-state index contributed by atoms with van der Waals surface area (Å²) in [7, 11) is 0. The summed E-state index contributed by atoms with van der Waals surface area (Å²) in [4.78, 5) is 0. The summed E-state index contributed by atoms with van der Waals surface area (Å²) in [6, 6.07) is 0. The van der Waals surface area contributed by atoms with E-state index in [4.69, 9.17) is 4.74 Å². The zero-order chi connectivity index (χ0) is 8.73. The highest BCUT2D eigenvalue weighted by atomic mass is 16.5. The van der Waals surface area contributed by atoms with Gasteiger partial charge in [-0.1, -0.05) is 19.3 Å². The van der Waals surface area contributed by atoms with Crippen molar-refractivity contribution in [2.45, 2.75) is 50.5 Å². The zero-order valence-corrected chi connectivity index (χ0v) is 8.17. The molecule has 0 spiro atoms. The lowest BCUT2D eigenvalue weighted by molar-refractivity contribution is -0.0581. The number of ether oxygens (including phenoxy) is 1. The second-order valence-corrected chi connectivity index (χ2v) is 4.88. The molecule has 0 amide bonds. The van der Waals surface area contributed by atoms with Gasteiger partial charge in [0.15, 0.2) is 0 Å². The molecular formula is C12H18O. The van der Waals surface area contributed by atoms with Crippen LogP contribution < -0.4 is 0 Å². The lowest BCUT2D eigenvalue weighted by atomic mass is 9.73. The fourth-order valence-corrected chi connectivity index (χ4v) is 3.11. The molecule has 2 saturated carbocycles. The third kappa shape index (κ3) is 1.13. The molecule has 0 bridgehead atoms. The molecule has 0 aromatic heterocycles. The van der Waals surface area contributed by atoms with Crippen molar-refractivity contribution in [3.63, 3.8) is 0 Å². The normalized spacial score (nSPS) is 39.7. The van der Waals surface area contributed by atoms with Crippen LogP contribution in [0.2, 0.25) is 0 Å². The molecule has 0 saturated heterocycles. The first-order valence-corrected chi connectivity index (χ1v) is 5.77. The largest absolute Gasteiger partial charge is 0.490 e. The van der Waals surface area contributed by atoms with Gasteiger partial charge in [-0.05, 0) is 31.8 Å². The first-order chi connectivity index (χ1) is 6.42. The van der Waals surface area contributed by atoms with Crippen molar-refractivity contribution in [1.82, 2.24) is 0 Å². The van der Waals surface area contributed by atoms with E-state index in [1.807, 2.05) is 6.26 Å². The van der Waals surface area contributed by atoms with Gasteiger partial charge in [0.05, 0.1) is 6.26 Å². The monoisotopic (exact) mass is 178 g/mol. The molecule has 1 atom stereocenters. The van der Waals surface area contributed by atoms with Crippen LogP contribution in [0, 0.1) is 11.8 Å². The van der Waals surface area contributed by atoms with Gasteiger partial charge in [-0.2, -0.15) is 0 Å². The first-order valence-electron chi connectivity index (χ1n) is 5.77. The lowest BCUT2D eigenvalue weighted by Crippen LogP contribution is -2.45. The van der Waals surface area contributed by atoms with E-state index in [0.29, 0.717) is 0 Å². The zero-order valence-electron chi connectivity index (χ0n) is 8.17. The Bertz CT molecular complexity index is 223. The maximum absolute atomic E-state index is 5.80. The minimum Gasteiger partial charge on any atom is -0.490 e. The molecule has 1 heterocycles. The van der Waals surface area contributed by atoms with Crippen LogP contribution in [0.1, 0.15) is 44.9 Å². The molecule has 0 N–H and O–H groups in total. The first kappa shape index (κ1) is 7.90. The van der Waals surface area contributed by atoms with Crippen LogP contribution in [0.3, 0.4) is 0 Å². The summed E-state index contributed by atoms with van der Waals surface area (Å²) < 4.78 is 5.80. The predicted octanol–water partition coefficient (Wildman–Crippen LogP) is 3.26. The van der Waals surface area contributed by atoms with Gasteiger partial charge in [-0.15, -0.1) is 0 Å². The Kier molecular flexibility index (Phi) is 1.68. The van der Waals surface area contributed by atoms with Crippen molar-refractivity contribution in [3.8, 4) is 0 Å². The van der Waals surface area contributed by atoms with Gasteiger partial charge in [-0.25, -0.2) is 0 Å². The van der Waals surface area contributed by atoms with Gasteiger partial charge in [0.25, 0.3) is 0 Å². The lowest BCUT2D eigenvalue weighted by Gasteiger charge is -2.44. The van der Waals surface area contributed by atoms with Crippen molar-refractivity contribution >= 4 is 0 Å². The summed E-state index contributed by atoms with van der Waals surface area (Å²) in [5.41, 5.74) is 0.223. The molecule has 1 heteroatoms. The fourth-order valence-electron chi connectivity index (χ4n) is 3.11. The summed E-state index contributed by atoms with van der Waals surface area (Å²) in [5, 5.41) is 0. The summed E-state index contributed by atoms with van der Waals surface area (Å²) >= 11 is 0. The Balaban J connectivity index is 1.76. The molecule has 13 heavy (non-hydrogen) atoms. The van der Waals surface area contributed by atoms with E-state index in [1.165, 1.54) is 44.9 Å². The van der Waals surface area contributed by atoms with E-state index < -0.39 is 0 Å². The van der Waals surface area contributed by atoms with Gasteiger partial charge >= 0.3 is 0 Å². The summed E-state index contributed by atoms with van der Waals surface area (Å²) in [6.45, 7) is 0. The van der Waals surface area contributed by atoms with Crippen LogP contribution in [0.25, 0.3) is 0 Å². The molecule has 0 aromatic rings. The van der Waals surface area contributed by atoms with E-state index in [-0.39, 0.29) is 5.60 Å². The maximum Gasteiger partial charge on any atom is 0.135 e. The topological polar surface area (TPSA) is 9.23 Å². The summed E-state index contributed by atoms with van der Waals surface area (Å²) in [5.74, 6) is 1.72. The Morgan fingerprint density at radius 1 is 0.923 bits per heavy atom. The Labute approximate surface area is 80.2 Å². The minimum atomic E-state index is 0.223. The van der Waals surface area contributed by atoms with Crippen LogP contribution in [0.15, 0.2) is 12.3 Å². The van der Waals surface area contributed by atoms with Gasteiger partial charge in [0.2, 0.25) is 0 Å². The van der Waals surface area contributed by atoms with E-state index >= 15 is 0 Å². The van der Waals surface area contributed by atoms with Gasteiger partial charge in [0.1, 0.15) is 5.60 Å². The highest BCUT2D eigenvalue weighted by molar-refractivity contribution is 5.18. The van der Waals surface area contributed by atoms with Crippen molar-refractivity contribution in [2.75, 3.05) is 0 Å². The van der Waals surface area contributed by atoms with Crippen molar-refractivity contribution in [1.29, 1.82) is 0 Å². The van der Waals surface area contributed by atoms with Gasteiger partial charge < -0.3 is 4.74 Å². The number of hydrogen-bond donors (Lipinski definition) is 0. The molecule has 72 valence electrons. The third-order valence-corrected chi connectivity index (χ3v) is 4.06.